The average Bonchev–Trinajstić information content (AvgIpc) is 2.04. The Morgan fingerprint density at radius 2 is 2.45 bits per heavy atom. The second-order valence-electron chi connectivity index (χ2n) is 2.17. The molecule has 0 aromatic carbocycles. The standard InChI is InChI=1S/C8H8FNO/c1-2-6-3-7(9)4-10-8(6)5-11/h3-5H,2H2,1H3. The van der Waals surface area contributed by atoms with Crippen molar-refractivity contribution in [2.24, 2.45) is 0 Å². The zero-order valence-electron chi connectivity index (χ0n) is 6.17. The van der Waals surface area contributed by atoms with Gasteiger partial charge in [-0.25, -0.2) is 4.39 Å². The number of pyridine rings is 1. The van der Waals surface area contributed by atoms with Crippen molar-refractivity contribution in [3.05, 3.63) is 29.3 Å². The Labute approximate surface area is 64.1 Å². The molecule has 0 fully saturated rings. The molecule has 1 rings (SSSR count). The van der Waals surface area contributed by atoms with Crippen LogP contribution in [0.25, 0.3) is 0 Å². The fourth-order valence-electron chi connectivity index (χ4n) is 0.881. The molecule has 1 aromatic heterocycles. The third-order valence-corrected chi connectivity index (χ3v) is 1.46. The van der Waals surface area contributed by atoms with Gasteiger partial charge < -0.3 is 0 Å². The van der Waals surface area contributed by atoms with Gasteiger partial charge in [-0.05, 0) is 18.1 Å². The Balaban J connectivity index is 3.16. The second-order valence-corrected chi connectivity index (χ2v) is 2.17. The van der Waals surface area contributed by atoms with Gasteiger partial charge in [0.25, 0.3) is 0 Å². The molecule has 0 atom stereocenters. The van der Waals surface area contributed by atoms with E-state index in [1.54, 1.807) is 0 Å². The van der Waals surface area contributed by atoms with Crippen molar-refractivity contribution < 1.29 is 9.18 Å². The molecule has 0 amide bonds. The molecule has 3 heteroatoms. The van der Waals surface area contributed by atoms with Crippen LogP contribution in [0.1, 0.15) is 23.0 Å². The second kappa shape index (κ2) is 3.23. The van der Waals surface area contributed by atoms with Crippen LogP contribution in [-0.2, 0) is 6.42 Å². The van der Waals surface area contributed by atoms with E-state index in [-0.39, 0.29) is 0 Å². The van der Waals surface area contributed by atoms with E-state index in [2.05, 4.69) is 4.98 Å². The van der Waals surface area contributed by atoms with Crippen molar-refractivity contribution in [1.29, 1.82) is 0 Å². The van der Waals surface area contributed by atoms with Crippen molar-refractivity contribution in [2.75, 3.05) is 0 Å². The SMILES string of the molecule is CCc1cc(F)cnc1C=O. The smallest absolute Gasteiger partial charge is 0.168 e. The molecule has 1 heterocycles. The number of halogens is 1. The minimum atomic E-state index is -0.396. The number of hydrogen-bond acceptors (Lipinski definition) is 2. The summed E-state index contributed by atoms with van der Waals surface area (Å²) in [6, 6.07) is 1.33. The Hall–Kier alpha value is -1.25. The third kappa shape index (κ3) is 1.61. The lowest BCUT2D eigenvalue weighted by molar-refractivity contribution is 0.111. The summed E-state index contributed by atoms with van der Waals surface area (Å²) in [5.41, 5.74) is 0.980. The fraction of sp³-hybridized carbons (Fsp3) is 0.250. The summed E-state index contributed by atoms with van der Waals surface area (Å²) in [4.78, 5) is 13.9. The lowest BCUT2D eigenvalue weighted by Crippen LogP contribution is -1.95. The number of aromatic nitrogens is 1. The maximum atomic E-state index is 12.5. The van der Waals surface area contributed by atoms with Gasteiger partial charge in [0, 0.05) is 0 Å². The van der Waals surface area contributed by atoms with E-state index in [1.165, 1.54) is 6.07 Å². The van der Waals surface area contributed by atoms with Crippen LogP contribution in [0.4, 0.5) is 4.39 Å². The number of hydrogen-bond donors (Lipinski definition) is 0. The van der Waals surface area contributed by atoms with Gasteiger partial charge in [-0.2, -0.15) is 0 Å². The Bertz CT molecular complexity index is 273. The quantitative estimate of drug-likeness (QED) is 0.604. The maximum absolute atomic E-state index is 12.5. The van der Waals surface area contributed by atoms with Crippen molar-refractivity contribution >= 4 is 6.29 Å². The van der Waals surface area contributed by atoms with Crippen LogP contribution in [0.3, 0.4) is 0 Å². The minimum Gasteiger partial charge on any atom is -0.296 e. The topological polar surface area (TPSA) is 30.0 Å². The number of nitrogens with zero attached hydrogens (tertiary/aromatic N) is 1. The van der Waals surface area contributed by atoms with E-state index < -0.39 is 5.82 Å². The lowest BCUT2D eigenvalue weighted by Gasteiger charge is -1.98. The zero-order valence-corrected chi connectivity index (χ0v) is 6.17. The predicted molar refractivity (Wildman–Crippen MR) is 39.0 cm³/mol. The Kier molecular flexibility index (Phi) is 2.31. The van der Waals surface area contributed by atoms with E-state index in [1.807, 2.05) is 6.92 Å². The first-order valence-corrected chi connectivity index (χ1v) is 3.37. The molecule has 0 aliphatic heterocycles. The molecule has 0 aliphatic carbocycles. The number of rotatable bonds is 2. The fourth-order valence-corrected chi connectivity index (χ4v) is 0.881. The lowest BCUT2D eigenvalue weighted by atomic mass is 10.1. The average molecular weight is 153 g/mol. The number of aryl methyl sites for hydroxylation is 1. The van der Waals surface area contributed by atoms with Gasteiger partial charge in [0.05, 0.1) is 6.20 Å². The minimum absolute atomic E-state index is 0.328. The summed E-state index contributed by atoms with van der Waals surface area (Å²) < 4.78 is 12.5. The maximum Gasteiger partial charge on any atom is 0.168 e. The normalized spacial score (nSPS) is 9.64. The first-order chi connectivity index (χ1) is 5.27. The van der Waals surface area contributed by atoms with E-state index in [4.69, 9.17) is 0 Å². The van der Waals surface area contributed by atoms with Crippen molar-refractivity contribution in [1.82, 2.24) is 4.98 Å². The summed E-state index contributed by atoms with van der Waals surface area (Å²) in [5.74, 6) is -0.396. The van der Waals surface area contributed by atoms with Crippen LogP contribution in [0.15, 0.2) is 12.3 Å². The van der Waals surface area contributed by atoms with E-state index in [0.717, 1.165) is 6.20 Å². The molecule has 0 bridgehead atoms. The first kappa shape index (κ1) is 7.85. The van der Waals surface area contributed by atoms with Gasteiger partial charge in [0.1, 0.15) is 11.5 Å². The summed E-state index contributed by atoms with van der Waals surface area (Å²) in [7, 11) is 0. The van der Waals surface area contributed by atoms with Gasteiger partial charge in [0.2, 0.25) is 0 Å². The van der Waals surface area contributed by atoms with Crippen LogP contribution in [0.2, 0.25) is 0 Å². The molecule has 1 aromatic rings. The molecule has 0 saturated heterocycles. The Morgan fingerprint density at radius 3 is 3.00 bits per heavy atom. The highest BCUT2D eigenvalue weighted by Crippen LogP contribution is 2.06. The van der Waals surface area contributed by atoms with Crippen LogP contribution in [0, 0.1) is 5.82 Å². The Morgan fingerprint density at radius 1 is 1.73 bits per heavy atom. The summed E-state index contributed by atoms with van der Waals surface area (Å²) >= 11 is 0. The molecule has 0 radical (unpaired) electrons. The highest BCUT2D eigenvalue weighted by molar-refractivity contribution is 5.73. The summed E-state index contributed by atoms with van der Waals surface area (Å²) in [5, 5.41) is 0. The molecule has 58 valence electrons. The molecule has 0 saturated carbocycles. The molecule has 0 spiro atoms. The van der Waals surface area contributed by atoms with Crippen LogP contribution >= 0.6 is 0 Å². The number of carbonyl (C=O) groups is 1. The molecule has 0 aliphatic rings. The third-order valence-electron chi connectivity index (χ3n) is 1.46. The van der Waals surface area contributed by atoms with Crippen LogP contribution < -0.4 is 0 Å². The van der Waals surface area contributed by atoms with Gasteiger partial charge >= 0.3 is 0 Å². The van der Waals surface area contributed by atoms with Gasteiger partial charge in [0.15, 0.2) is 6.29 Å². The summed E-state index contributed by atoms with van der Waals surface area (Å²) in [6.07, 6.45) is 2.31. The molecule has 0 N–H and O–H groups in total. The zero-order chi connectivity index (χ0) is 8.27. The highest BCUT2D eigenvalue weighted by atomic mass is 19.1. The molecule has 0 unspecified atom stereocenters. The van der Waals surface area contributed by atoms with Crippen molar-refractivity contribution in [3.63, 3.8) is 0 Å². The molecule has 11 heavy (non-hydrogen) atoms. The van der Waals surface area contributed by atoms with Crippen molar-refractivity contribution in [2.45, 2.75) is 13.3 Å². The number of aldehydes is 1. The first-order valence-electron chi connectivity index (χ1n) is 3.37. The van der Waals surface area contributed by atoms with Crippen LogP contribution in [-0.4, -0.2) is 11.3 Å². The van der Waals surface area contributed by atoms with Gasteiger partial charge in [-0.3, -0.25) is 9.78 Å². The number of carbonyl (C=O) groups excluding carboxylic acids is 1. The van der Waals surface area contributed by atoms with Gasteiger partial charge in [-0.15, -0.1) is 0 Å². The van der Waals surface area contributed by atoms with E-state index in [0.29, 0.717) is 24.0 Å². The highest BCUT2D eigenvalue weighted by Gasteiger charge is 2.01. The largest absolute Gasteiger partial charge is 0.296 e. The van der Waals surface area contributed by atoms with Crippen LogP contribution in [0.5, 0.6) is 0 Å². The molecular formula is C8H8FNO. The van der Waals surface area contributed by atoms with Crippen molar-refractivity contribution in [3.8, 4) is 0 Å². The predicted octanol–water partition coefficient (Wildman–Crippen LogP) is 1.60. The molecular weight excluding hydrogens is 145 g/mol. The summed E-state index contributed by atoms with van der Waals surface area (Å²) in [6.45, 7) is 1.85. The monoisotopic (exact) mass is 153 g/mol. The molecule has 2 nitrogen and oxygen atoms in total. The van der Waals surface area contributed by atoms with Gasteiger partial charge in [-0.1, -0.05) is 6.92 Å². The van der Waals surface area contributed by atoms with E-state index in [9.17, 15) is 9.18 Å². The van der Waals surface area contributed by atoms with E-state index >= 15 is 0 Å².